The molecule has 1 amide bonds. The molecule has 0 fully saturated rings. The first-order valence-electron chi connectivity index (χ1n) is 6.33. The van der Waals surface area contributed by atoms with Crippen LogP contribution >= 0.6 is 0 Å². The standard InChI is InChI=1S/C14H22N2O3S/c1-14(2,20(4,18)19)13(17)16(3)10-12-8-6-5-7-11(12)9-15/h5-8H,9-10,15H2,1-4H3. The molecule has 0 saturated carbocycles. The average molecular weight is 298 g/mol. The maximum absolute atomic E-state index is 12.3. The van der Waals surface area contributed by atoms with Gasteiger partial charge in [0.25, 0.3) is 0 Å². The normalized spacial score (nSPS) is 12.2. The maximum atomic E-state index is 12.3. The first-order chi connectivity index (χ1) is 9.11. The number of hydrogen-bond donors (Lipinski definition) is 1. The van der Waals surface area contributed by atoms with Gasteiger partial charge in [-0.25, -0.2) is 8.42 Å². The number of rotatable bonds is 5. The van der Waals surface area contributed by atoms with Crippen molar-refractivity contribution in [1.29, 1.82) is 0 Å². The smallest absolute Gasteiger partial charge is 0.243 e. The van der Waals surface area contributed by atoms with E-state index in [0.29, 0.717) is 13.1 Å². The van der Waals surface area contributed by atoms with E-state index in [2.05, 4.69) is 0 Å². The second-order valence-corrected chi connectivity index (χ2v) is 7.98. The van der Waals surface area contributed by atoms with Crippen molar-refractivity contribution < 1.29 is 13.2 Å². The number of carbonyl (C=O) groups excluding carboxylic acids is 1. The molecule has 0 saturated heterocycles. The van der Waals surface area contributed by atoms with E-state index in [-0.39, 0.29) is 0 Å². The molecule has 5 nitrogen and oxygen atoms in total. The van der Waals surface area contributed by atoms with Crippen molar-refractivity contribution in [3.8, 4) is 0 Å². The molecule has 2 N–H and O–H groups in total. The second-order valence-electron chi connectivity index (χ2n) is 5.42. The number of sulfone groups is 1. The lowest BCUT2D eigenvalue weighted by Crippen LogP contribution is -2.48. The topological polar surface area (TPSA) is 80.5 Å². The Morgan fingerprint density at radius 1 is 1.25 bits per heavy atom. The van der Waals surface area contributed by atoms with Crippen molar-refractivity contribution in [2.75, 3.05) is 13.3 Å². The van der Waals surface area contributed by atoms with Crippen molar-refractivity contribution in [3.05, 3.63) is 35.4 Å². The summed E-state index contributed by atoms with van der Waals surface area (Å²) in [6.45, 7) is 3.57. The van der Waals surface area contributed by atoms with Crippen LogP contribution in [0.2, 0.25) is 0 Å². The van der Waals surface area contributed by atoms with E-state index in [4.69, 9.17) is 5.73 Å². The molecule has 0 bridgehead atoms. The van der Waals surface area contributed by atoms with Crippen LogP contribution in [0, 0.1) is 0 Å². The Hall–Kier alpha value is -1.40. The second kappa shape index (κ2) is 5.93. The summed E-state index contributed by atoms with van der Waals surface area (Å²) in [5, 5.41) is 0. The van der Waals surface area contributed by atoms with E-state index < -0.39 is 20.5 Å². The summed E-state index contributed by atoms with van der Waals surface area (Å²) < 4.78 is 22.0. The Balaban J connectivity index is 2.97. The molecule has 0 spiro atoms. The number of nitrogens with two attached hydrogens (primary N) is 1. The molecule has 0 heterocycles. The fourth-order valence-corrected chi connectivity index (χ4v) is 2.33. The minimum absolute atomic E-state index is 0.338. The molecular formula is C14H22N2O3S. The van der Waals surface area contributed by atoms with Crippen molar-refractivity contribution >= 4 is 15.7 Å². The van der Waals surface area contributed by atoms with E-state index in [0.717, 1.165) is 17.4 Å². The minimum Gasteiger partial charge on any atom is -0.340 e. The molecule has 1 rings (SSSR count). The monoisotopic (exact) mass is 298 g/mol. The highest BCUT2D eigenvalue weighted by Crippen LogP contribution is 2.20. The van der Waals surface area contributed by atoms with Gasteiger partial charge in [-0.3, -0.25) is 4.79 Å². The molecule has 0 aliphatic heterocycles. The zero-order valence-electron chi connectivity index (χ0n) is 12.4. The van der Waals surface area contributed by atoms with Gasteiger partial charge in [-0.2, -0.15) is 0 Å². The molecule has 0 aliphatic rings. The molecule has 1 aromatic rings. The third kappa shape index (κ3) is 3.37. The highest BCUT2D eigenvalue weighted by molar-refractivity contribution is 7.92. The van der Waals surface area contributed by atoms with Gasteiger partial charge in [0.05, 0.1) is 0 Å². The van der Waals surface area contributed by atoms with Crippen molar-refractivity contribution in [1.82, 2.24) is 4.90 Å². The molecular weight excluding hydrogens is 276 g/mol. The Kier molecular flexibility index (Phi) is 4.94. The van der Waals surface area contributed by atoms with Gasteiger partial charge in [-0.05, 0) is 25.0 Å². The fraction of sp³-hybridized carbons (Fsp3) is 0.500. The Morgan fingerprint density at radius 3 is 2.20 bits per heavy atom. The molecule has 0 unspecified atom stereocenters. The first-order valence-corrected chi connectivity index (χ1v) is 8.22. The van der Waals surface area contributed by atoms with Crippen LogP contribution in [-0.2, 0) is 27.7 Å². The first kappa shape index (κ1) is 16.7. The third-order valence-corrected chi connectivity index (χ3v) is 5.56. The Bertz CT molecular complexity index is 594. The molecule has 112 valence electrons. The van der Waals surface area contributed by atoms with E-state index in [1.165, 1.54) is 18.7 Å². The largest absolute Gasteiger partial charge is 0.340 e. The molecule has 6 heteroatoms. The van der Waals surface area contributed by atoms with Crippen LogP contribution in [0.5, 0.6) is 0 Å². The molecule has 0 aromatic heterocycles. The van der Waals surface area contributed by atoms with Crippen LogP contribution in [0.15, 0.2) is 24.3 Å². The lowest BCUT2D eigenvalue weighted by molar-refractivity contribution is -0.132. The number of nitrogens with zero attached hydrogens (tertiary/aromatic N) is 1. The number of amides is 1. The van der Waals surface area contributed by atoms with E-state index in [1.54, 1.807) is 7.05 Å². The molecule has 0 atom stereocenters. The van der Waals surface area contributed by atoms with Crippen molar-refractivity contribution in [2.45, 2.75) is 31.7 Å². The van der Waals surface area contributed by atoms with E-state index in [1.807, 2.05) is 24.3 Å². The van der Waals surface area contributed by atoms with E-state index >= 15 is 0 Å². The van der Waals surface area contributed by atoms with Crippen LogP contribution in [0.3, 0.4) is 0 Å². The summed E-state index contributed by atoms with van der Waals surface area (Å²) in [5.41, 5.74) is 7.53. The summed E-state index contributed by atoms with van der Waals surface area (Å²) >= 11 is 0. The van der Waals surface area contributed by atoms with Gasteiger partial charge in [0.2, 0.25) is 5.91 Å². The van der Waals surface area contributed by atoms with Gasteiger partial charge in [-0.15, -0.1) is 0 Å². The number of benzene rings is 1. The van der Waals surface area contributed by atoms with Crippen molar-refractivity contribution in [2.24, 2.45) is 5.73 Å². The summed E-state index contributed by atoms with van der Waals surface area (Å²) in [5.74, 6) is -0.424. The minimum atomic E-state index is -3.47. The van der Waals surface area contributed by atoms with Crippen LogP contribution in [-0.4, -0.2) is 37.3 Å². The quantitative estimate of drug-likeness (QED) is 0.877. The highest BCUT2D eigenvalue weighted by Gasteiger charge is 2.40. The predicted octanol–water partition coefficient (Wildman–Crippen LogP) is 0.927. The Morgan fingerprint density at radius 2 is 1.75 bits per heavy atom. The van der Waals surface area contributed by atoms with E-state index in [9.17, 15) is 13.2 Å². The zero-order chi connectivity index (χ0) is 15.6. The van der Waals surface area contributed by atoms with Gasteiger partial charge < -0.3 is 10.6 Å². The van der Waals surface area contributed by atoms with Gasteiger partial charge in [-0.1, -0.05) is 24.3 Å². The van der Waals surface area contributed by atoms with Crippen LogP contribution in [0.4, 0.5) is 0 Å². The summed E-state index contributed by atoms with van der Waals surface area (Å²) in [6.07, 6.45) is 1.08. The number of carbonyl (C=O) groups is 1. The molecule has 1 aromatic carbocycles. The van der Waals surface area contributed by atoms with Crippen LogP contribution < -0.4 is 5.73 Å². The van der Waals surface area contributed by atoms with Gasteiger partial charge in [0, 0.05) is 26.4 Å². The number of hydrogen-bond acceptors (Lipinski definition) is 4. The molecule has 0 aliphatic carbocycles. The summed E-state index contributed by atoms with van der Waals surface area (Å²) in [6, 6.07) is 7.54. The van der Waals surface area contributed by atoms with Crippen LogP contribution in [0.1, 0.15) is 25.0 Å². The third-order valence-electron chi connectivity index (χ3n) is 3.53. The Labute approximate surface area is 120 Å². The SMILES string of the molecule is CN(Cc1ccccc1CN)C(=O)C(C)(C)S(C)(=O)=O. The maximum Gasteiger partial charge on any atom is 0.243 e. The lowest BCUT2D eigenvalue weighted by atomic mass is 10.1. The predicted molar refractivity (Wildman–Crippen MR) is 79.7 cm³/mol. The molecule has 0 radical (unpaired) electrons. The molecule has 20 heavy (non-hydrogen) atoms. The average Bonchev–Trinajstić information content (AvgIpc) is 2.37. The highest BCUT2D eigenvalue weighted by atomic mass is 32.2. The van der Waals surface area contributed by atoms with Gasteiger partial charge >= 0.3 is 0 Å². The fourth-order valence-electron chi connectivity index (χ4n) is 1.86. The van der Waals surface area contributed by atoms with Crippen molar-refractivity contribution in [3.63, 3.8) is 0 Å². The summed E-state index contributed by atoms with van der Waals surface area (Å²) in [4.78, 5) is 13.8. The van der Waals surface area contributed by atoms with Gasteiger partial charge in [0.1, 0.15) is 4.75 Å². The summed E-state index contributed by atoms with van der Waals surface area (Å²) in [7, 11) is -1.87. The lowest BCUT2D eigenvalue weighted by Gasteiger charge is -2.28. The van der Waals surface area contributed by atoms with Crippen LogP contribution in [0.25, 0.3) is 0 Å². The van der Waals surface area contributed by atoms with Gasteiger partial charge in [0.15, 0.2) is 9.84 Å². The zero-order valence-corrected chi connectivity index (χ0v) is 13.2.